The smallest absolute Gasteiger partial charge is 0.305 e. The van der Waals surface area contributed by atoms with Gasteiger partial charge in [-0.05, 0) is 43.2 Å². The molecular formula is C16H23NO3S. The summed E-state index contributed by atoms with van der Waals surface area (Å²) in [5, 5.41) is 14.1. The lowest BCUT2D eigenvalue weighted by Crippen LogP contribution is -2.49. The van der Waals surface area contributed by atoms with Crippen molar-refractivity contribution in [3.05, 3.63) is 21.9 Å². The first-order valence-corrected chi connectivity index (χ1v) is 8.38. The van der Waals surface area contributed by atoms with Crippen LogP contribution in [0.25, 0.3) is 0 Å². The summed E-state index contributed by atoms with van der Waals surface area (Å²) in [7, 11) is 0. The molecule has 1 fully saturated rings. The maximum absolute atomic E-state index is 12.4. The molecule has 1 aromatic rings. The highest BCUT2D eigenvalue weighted by Crippen LogP contribution is 2.50. The lowest BCUT2D eigenvalue weighted by Gasteiger charge is -2.31. The van der Waals surface area contributed by atoms with E-state index in [0.717, 1.165) is 6.42 Å². The number of amides is 1. The van der Waals surface area contributed by atoms with Crippen molar-refractivity contribution >= 4 is 23.2 Å². The van der Waals surface area contributed by atoms with E-state index in [1.807, 2.05) is 13.8 Å². The van der Waals surface area contributed by atoms with E-state index in [4.69, 9.17) is 5.11 Å². The molecule has 1 heterocycles. The van der Waals surface area contributed by atoms with Gasteiger partial charge in [0.1, 0.15) is 0 Å². The third kappa shape index (κ3) is 3.46. The fourth-order valence-corrected chi connectivity index (χ4v) is 4.01. The number of aliphatic carboxylic acids is 1. The van der Waals surface area contributed by atoms with Crippen molar-refractivity contribution in [2.24, 2.45) is 5.92 Å². The predicted molar refractivity (Wildman–Crippen MR) is 83.6 cm³/mol. The number of hydrogen-bond donors (Lipinski definition) is 2. The summed E-state index contributed by atoms with van der Waals surface area (Å²) in [5.41, 5.74) is 0.642. The number of rotatable bonds is 7. The summed E-state index contributed by atoms with van der Waals surface area (Å²) in [4.78, 5) is 24.8. The Balaban J connectivity index is 2.01. The number of carboxylic acid groups (broad SMARTS) is 1. The van der Waals surface area contributed by atoms with Crippen molar-refractivity contribution in [3.63, 3.8) is 0 Å². The first-order valence-electron chi connectivity index (χ1n) is 7.50. The van der Waals surface area contributed by atoms with Gasteiger partial charge in [-0.15, -0.1) is 11.3 Å². The number of nitrogens with one attached hydrogen (secondary N) is 1. The molecule has 5 heteroatoms. The van der Waals surface area contributed by atoms with Gasteiger partial charge in [-0.1, -0.05) is 13.8 Å². The average molecular weight is 309 g/mol. The van der Waals surface area contributed by atoms with Gasteiger partial charge >= 0.3 is 5.97 Å². The van der Waals surface area contributed by atoms with Crippen LogP contribution in [0.15, 0.2) is 11.4 Å². The molecule has 2 N–H and O–H groups in total. The lowest BCUT2D eigenvalue weighted by molar-refractivity contribution is -0.139. The van der Waals surface area contributed by atoms with Crippen molar-refractivity contribution in [2.45, 2.75) is 57.9 Å². The Morgan fingerprint density at radius 3 is 2.57 bits per heavy atom. The number of carbonyl (C=O) groups excluding carboxylic acids is 1. The number of carbonyl (C=O) groups is 2. The van der Waals surface area contributed by atoms with Gasteiger partial charge in [0.2, 0.25) is 5.91 Å². The van der Waals surface area contributed by atoms with Crippen LogP contribution in [0.3, 0.4) is 0 Å². The van der Waals surface area contributed by atoms with Crippen LogP contribution in [-0.4, -0.2) is 22.5 Å². The van der Waals surface area contributed by atoms with Gasteiger partial charge in [-0.3, -0.25) is 9.59 Å². The number of aryl methyl sites for hydroxylation is 1. The molecule has 0 aliphatic heterocycles. The summed E-state index contributed by atoms with van der Waals surface area (Å²) in [6.07, 6.45) is 2.14. The number of hydrogen-bond acceptors (Lipinski definition) is 3. The van der Waals surface area contributed by atoms with E-state index in [2.05, 4.69) is 23.7 Å². The molecule has 21 heavy (non-hydrogen) atoms. The number of carboxylic acids is 1. The maximum atomic E-state index is 12.4. The van der Waals surface area contributed by atoms with E-state index in [1.54, 1.807) is 11.3 Å². The normalized spacial score (nSPS) is 21.1. The van der Waals surface area contributed by atoms with E-state index in [1.165, 1.54) is 10.4 Å². The van der Waals surface area contributed by atoms with Crippen LogP contribution in [0, 0.1) is 12.8 Å². The molecule has 0 aromatic carbocycles. The highest BCUT2D eigenvalue weighted by Gasteiger charge is 2.47. The van der Waals surface area contributed by atoms with Gasteiger partial charge in [0.15, 0.2) is 0 Å². The molecule has 1 amide bonds. The highest BCUT2D eigenvalue weighted by molar-refractivity contribution is 7.10. The Morgan fingerprint density at radius 2 is 2.10 bits per heavy atom. The zero-order valence-electron chi connectivity index (χ0n) is 12.8. The summed E-state index contributed by atoms with van der Waals surface area (Å²) in [6, 6.07) is 2.08. The molecule has 2 unspecified atom stereocenters. The second-order valence-electron chi connectivity index (χ2n) is 5.96. The highest BCUT2D eigenvalue weighted by atomic mass is 32.1. The first kappa shape index (κ1) is 16.0. The first-order chi connectivity index (χ1) is 9.92. The van der Waals surface area contributed by atoms with Crippen molar-refractivity contribution in [1.29, 1.82) is 0 Å². The van der Waals surface area contributed by atoms with Crippen LogP contribution < -0.4 is 5.32 Å². The molecule has 1 aromatic heterocycles. The zero-order chi connectivity index (χ0) is 15.6. The van der Waals surface area contributed by atoms with Crippen LogP contribution in [0.2, 0.25) is 0 Å². The number of thiophene rings is 1. The summed E-state index contributed by atoms with van der Waals surface area (Å²) >= 11 is 1.71. The Bertz CT molecular complexity index is 533. The molecule has 0 bridgehead atoms. The summed E-state index contributed by atoms with van der Waals surface area (Å²) < 4.78 is 0. The van der Waals surface area contributed by atoms with Gasteiger partial charge in [0, 0.05) is 22.3 Å². The van der Waals surface area contributed by atoms with Gasteiger partial charge in [-0.25, -0.2) is 0 Å². The Kier molecular flexibility index (Phi) is 4.71. The fraction of sp³-hybridized carbons (Fsp3) is 0.625. The van der Waals surface area contributed by atoms with Gasteiger partial charge < -0.3 is 10.4 Å². The molecule has 2 rings (SSSR count). The third-order valence-electron chi connectivity index (χ3n) is 4.60. The molecular weight excluding hydrogens is 286 g/mol. The van der Waals surface area contributed by atoms with Crippen LogP contribution in [-0.2, 0) is 9.59 Å². The van der Waals surface area contributed by atoms with E-state index in [-0.39, 0.29) is 18.2 Å². The van der Waals surface area contributed by atoms with Crippen LogP contribution in [0.5, 0.6) is 0 Å². The Morgan fingerprint density at radius 1 is 1.43 bits per heavy atom. The molecule has 1 aliphatic rings. The standard InChI is InChI=1S/C16H23NO3S/c1-4-16(5-2,9-13(18)19)17-15(20)12-8-11(12)14-10(3)6-7-21-14/h6-7,11-12H,4-5,8-9H2,1-3H3,(H,17,20)(H,18,19). The molecule has 4 nitrogen and oxygen atoms in total. The van der Waals surface area contributed by atoms with E-state index in [9.17, 15) is 9.59 Å². The van der Waals surface area contributed by atoms with Gasteiger partial charge in [0.25, 0.3) is 0 Å². The minimum Gasteiger partial charge on any atom is -0.481 e. The lowest BCUT2D eigenvalue weighted by atomic mass is 9.88. The van der Waals surface area contributed by atoms with E-state index < -0.39 is 11.5 Å². The van der Waals surface area contributed by atoms with Crippen molar-refractivity contribution in [3.8, 4) is 0 Å². The Labute approximate surface area is 129 Å². The van der Waals surface area contributed by atoms with Gasteiger partial charge in [-0.2, -0.15) is 0 Å². The predicted octanol–water partition coefficient (Wildman–Crippen LogP) is 3.31. The van der Waals surface area contributed by atoms with Crippen LogP contribution in [0.4, 0.5) is 0 Å². The molecule has 116 valence electrons. The molecule has 0 radical (unpaired) electrons. The summed E-state index contributed by atoms with van der Waals surface area (Å²) in [6.45, 7) is 5.94. The van der Waals surface area contributed by atoms with Crippen molar-refractivity contribution < 1.29 is 14.7 Å². The van der Waals surface area contributed by atoms with E-state index >= 15 is 0 Å². The van der Waals surface area contributed by atoms with E-state index in [0.29, 0.717) is 18.8 Å². The third-order valence-corrected chi connectivity index (χ3v) is 5.75. The second-order valence-corrected chi connectivity index (χ2v) is 6.91. The largest absolute Gasteiger partial charge is 0.481 e. The van der Waals surface area contributed by atoms with Crippen molar-refractivity contribution in [2.75, 3.05) is 0 Å². The monoisotopic (exact) mass is 309 g/mol. The maximum Gasteiger partial charge on any atom is 0.305 e. The fourth-order valence-electron chi connectivity index (χ4n) is 2.90. The zero-order valence-corrected chi connectivity index (χ0v) is 13.6. The molecule has 1 saturated carbocycles. The minimum atomic E-state index is -0.861. The average Bonchev–Trinajstić information content (AvgIpc) is 3.12. The Hall–Kier alpha value is -1.36. The van der Waals surface area contributed by atoms with Crippen LogP contribution >= 0.6 is 11.3 Å². The summed E-state index contributed by atoms with van der Waals surface area (Å²) in [5.74, 6) is -0.520. The molecule has 2 atom stereocenters. The molecule has 0 spiro atoms. The molecule has 0 saturated heterocycles. The minimum absolute atomic E-state index is 0.00798. The SMILES string of the molecule is CCC(CC)(CC(=O)O)NC(=O)C1CC1c1sccc1C. The van der Waals surface area contributed by atoms with Gasteiger partial charge in [0.05, 0.1) is 6.42 Å². The van der Waals surface area contributed by atoms with Crippen molar-refractivity contribution in [1.82, 2.24) is 5.32 Å². The second kappa shape index (κ2) is 6.18. The molecule has 1 aliphatic carbocycles. The quantitative estimate of drug-likeness (QED) is 0.812. The van der Waals surface area contributed by atoms with Crippen LogP contribution in [0.1, 0.15) is 55.9 Å². The topological polar surface area (TPSA) is 66.4 Å².